The Labute approximate surface area is 174 Å². The van der Waals surface area contributed by atoms with Gasteiger partial charge in [-0.2, -0.15) is 0 Å². The Balaban J connectivity index is 1.76. The molecule has 0 spiro atoms. The maximum atomic E-state index is 7.43. The van der Waals surface area contributed by atoms with Gasteiger partial charge in [-0.1, -0.05) is 11.2 Å². The van der Waals surface area contributed by atoms with Crippen LogP contribution >= 0.6 is 0 Å². The minimum absolute atomic E-state index is 0.203. The summed E-state index contributed by atoms with van der Waals surface area (Å²) in [5.74, 6) is 1.72. The number of aryl methyl sites for hydroxylation is 1. The van der Waals surface area contributed by atoms with E-state index < -0.39 is 0 Å². The van der Waals surface area contributed by atoms with Gasteiger partial charge >= 0.3 is 0 Å². The Morgan fingerprint density at radius 3 is 2.87 bits per heavy atom. The Kier molecular flexibility index (Phi) is 4.33. The fourth-order valence-electron chi connectivity index (χ4n) is 4.48. The molecule has 0 N–H and O–H groups in total. The lowest BCUT2D eigenvalue weighted by Crippen LogP contribution is -2.35. The van der Waals surface area contributed by atoms with E-state index in [2.05, 4.69) is 33.4 Å². The van der Waals surface area contributed by atoms with E-state index in [1.54, 1.807) is 0 Å². The van der Waals surface area contributed by atoms with Crippen LogP contribution in [0.25, 0.3) is 26.8 Å². The molecule has 30 heavy (non-hydrogen) atoms. The van der Waals surface area contributed by atoms with E-state index in [1.165, 1.54) is 0 Å². The first-order valence-electron chi connectivity index (χ1n) is 10.2. The molecule has 0 amide bonds. The van der Waals surface area contributed by atoms with E-state index in [0.29, 0.717) is 18.7 Å². The average Bonchev–Trinajstić information content (AvgIpc) is 3.29. The van der Waals surface area contributed by atoms with E-state index >= 15 is 0 Å². The molecule has 7 heteroatoms. The molecular weight excluding hydrogens is 378 g/mol. The summed E-state index contributed by atoms with van der Waals surface area (Å²) in [4.78, 5) is 13.2. The van der Waals surface area contributed by atoms with Crippen molar-refractivity contribution in [2.45, 2.75) is 51.7 Å². The van der Waals surface area contributed by atoms with Gasteiger partial charge in [0.2, 0.25) is 0 Å². The highest BCUT2D eigenvalue weighted by atomic mass is 16.5. The molecule has 1 atom stereocenters. The van der Waals surface area contributed by atoms with Crippen molar-refractivity contribution >= 4 is 27.6 Å². The highest BCUT2D eigenvalue weighted by Crippen LogP contribution is 2.38. The van der Waals surface area contributed by atoms with Crippen molar-refractivity contribution < 1.29 is 9.26 Å². The predicted molar refractivity (Wildman–Crippen MR) is 114 cm³/mol. The fourth-order valence-corrected chi connectivity index (χ4v) is 4.48. The Bertz CT molecular complexity index is 1290. The van der Waals surface area contributed by atoms with Gasteiger partial charge < -0.3 is 13.8 Å². The first kappa shape index (κ1) is 18.8. The second-order valence-electron chi connectivity index (χ2n) is 8.56. The van der Waals surface area contributed by atoms with Crippen molar-refractivity contribution in [2.24, 2.45) is 0 Å². The van der Waals surface area contributed by atoms with Crippen LogP contribution in [0.4, 0.5) is 5.69 Å². The summed E-state index contributed by atoms with van der Waals surface area (Å²) in [7, 11) is 0. The number of imidazole rings is 1. The lowest BCUT2D eigenvalue weighted by Gasteiger charge is -2.37. The van der Waals surface area contributed by atoms with E-state index in [0.717, 1.165) is 52.1 Å². The van der Waals surface area contributed by atoms with Gasteiger partial charge in [0.1, 0.15) is 17.1 Å². The van der Waals surface area contributed by atoms with Crippen molar-refractivity contribution in [1.29, 1.82) is 0 Å². The summed E-state index contributed by atoms with van der Waals surface area (Å²) in [5, 5.41) is 5.14. The van der Waals surface area contributed by atoms with Gasteiger partial charge in [0.15, 0.2) is 5.69 Å². The Morgan fingerprint density at radius 2 is 2.13 bits per heavy atom. The molecule has 0 radical (unpaired) electrons. The summed E-state index contributed by atoms with van der Waals surface area (Å²) in [6, 6.07) is 7.83. The zero-order valence-electron chi connectivity index (χ0n) is 17.3. The van der Waals surface area contributed by atoms with Gasteiger partial charge in [0, 0.05) is 24.1 Å². The number of aromatic nitrogens is 4. The van der Waals surface area contributed by atoms with Crippen LogP contribution < -0.4 is 0 Å². The van der Waals surface area contributed by atoms with E-state index in [1.807, 2.05) is 37.4 Å². The minimum atomic E-state index is -0.203. The highest BCUT2D eigenvalue weighted by Gasteiger charge is 2.32. The van der Waals surface area contributed by atoms with Crippen LogP contribution in [0, 0.1) is 13.5 Å². The third kappa shape index (κ3) is 3.23. The van der Waals surface area contributed by atoms with Crippen LogP contribution in [0.1, 0.15) is 50.0 Å². The Hall–Kier alpha value is -3.24. The van der Waals surface area contributed by atoms with E-state index in [-0.39, 0.29) is 11.6 Å². The van der Waals surface area contributed by atoms with Crippen LogP contribution in [0.15, 0.2) is 35.0 Å². The number of fused-ring (bicyclic) bond motifs is 3. The number of hydrogen-bond donors (Lipinski definition) is 0. The number of ether oxygens (including phenoxy) is 1. The normalized spacial score (nSPS) is 18.7. The first-order valence-corrected chi connectivity index (χ1v) is 10.2. The average molecular weight is 401 g/mol. The maximum absolute atomic E-state index is 7.43. The monoisotopic (exact) mass is 401 g/mol. The number of hydrogen-bond acceptors (Lipinski definition) is 5. The zero-order valence-corrected chi connectivity index (χ0v) is 17.3. The molecule has 1 aliphatic heterocycles. The molecule has 0 saturated carbocycles. The fraction of sp³-hybridized carbons (Fsp3) is 0.391. The molecule has 1 fully saturated rings. The molecule has 1 unspecified atom stereocenters. The molecule has 1 aromatic carbocycles. The molecule has 4 heterocycles. The molecule has 0 bridgehead atoms. The van der Waals surface area contributed by atoms with Crippen LogP contribution in [0.3, 0.4) is 0 Å². The van der Waals surface area contributed by atoms with Crippen molar-refractivity contribution in [1.82, 2.24) is 19.7 Å². The number of benzene rings is 1. The largest absolute Gasteiger partial charge is 0.375 e. The van der Waals surface area contributed by atoms with Crippen LogP contribution in [-0.4, -0.2) is 31.9 Å². The van der Waals surface area contributed by atoms with Crippen molar-refractivity contribution in [3.63, 3.8) is 0 Å². The quantitative estimate of drug-likeness (QED) is 0.444. The number of pyridine rings is 1. The maximum Gasteiger partial charge on any atom is 0.188 e. The van der Waals surface area contributed by atoms with E-state index in [9.17, 15) is 0 Å². The summed E-state index contributed by atoms with van der Waals surface area (Å²) in [6.45, 7) is 14.3. The smallest absolute Gasteiger partial charge is 0.188 e. The number of rotatable bonds is 3. The highest BCUT2D eigenvalue weighted by molar-refractivity contribution is 6.03. The molecule has 4 aromatic rings. The topological polar surface area (TPSA) is 70.3 Å². The Morgan fingerprint density at radius 1 is 1.27 bits per heavy atom. The molecule has 1 aliphatic rings. The molecule has 1 saturated heterocycles. The molecule has 0 aliphatic carbocycles. The van der Waals surface area contributed by atoms with Crippen molar-refractivity contribution in [3.8, 4) is 0 Å². The second kappa shape index (κ2) is 6.92. The van der Waals surface area contributed by atoms with Crippen LogP contribution in [0.5, 0.6) is 0 Å². The van der Waals surface area contributed by atoms with Gasteiger partial charge in [-0.3, -0.25) is 4.98 Å². The minimum Gasteiger partial charge on any atom is -0.375 e. The van der Waals surface area contributed by atoms with Crippen molar-refractivity contribution in [3.05, 3.63) is 59.2 Å². The molecule has 5 rings (SSSR count). The SMILES string of the molecule is [C-]#[N+]c1ccc2ncc3nc(Cc4cc(C)on4)n(C4CCOC(C)(C)C4)c3c2c1. The van der Waals surface area contributed by atoms with Gasteiger partial charge in [-0.15, -0.1) is 0 Å². The summed E-state index contributed by atoms with van der Waals surface area (Å²) in [6.07, 6.45) is 4.20. The van der Waals surface area contributed by atoms with E-state index in [4.69, 9.17) is 20.8 Å². The van der Waals surface area contributed by atoms with Gasteiger partial charge in [-0.25, -0.2) is 9.83 Å². The van der Waals surface area contributed by atoms with Crippen LogP contribution in [-0.2, 0) is 11.2 Å². The van der Waals surface area contributed by atoms with Crippen LogP contribution in [0.2, 0.25) is 0 Å². The summed E-state index contributed by atoms with van der Waals surface area (Å²) >= 11 is 0. The third-order valence-electron chi connectivity index (χ3n) is 5.75. The molecule has 3 aromatic heterocycles. The summed E-state index contributed by atoms with van der Waals surface area (Å²) in [5.41, 5.74) is 3.99. The lowest BCUT2D eigenvalue weighted by atomic mass is 9.93. The summed E-state index contributed by atoms with van der Waals surface area (Å²) < 4.78 is 13.6. The molecule has 7 nitrogen and oxygen atoms in total. The third-order valence-corrected chi connectivity index (χ3v) is 5.75. The molecule has 152 valence electrons. The number of nitrogens with zero attached hydrogens (tertiary/aromatic N) is 5. The predicted octanol–water partition coefficient (Wildman–Crippen LogP) is 5.15. The molecular formula is C23H23N5O2. The van der Waals surface area contributed by atoms with Crippen molar-refractivity contribution in [2.75, 3.05) is 6.61 Å². The van der Waals surface area contributed by atoms with Gasteiger partial charge in [0.25, 0.3) is 0 Å². The first-order chi connectivity index (χ1) is 14.4. The standard InChI is InChI=1S/C23H23N5O2/c1-14-9-16(27-30-14)11-21-26-20-13-25-19-6-5-15(24-4)10-18(19)22(20)28(21)17-7-8-29-23(2,3)12-17/h5-6,9-10,13,17H,7-8,11-12H2,1-3H3. The lowest BCUT2D eigenvalue weighted by molar-refractivity contribution is -0.0688. The second-order valence-corrected chi connectivity index (χ2v) is 8.56. The van der Waals surface area contributed by atoms with Gasteiger partial charge in [-0.05, 0) is 45.7 Å². The zero-order chi connectivity index (χ0) is 20.9. The van der Waals surface area contributed by atoms with Gasteiger partial charge in [0.05, 0.1) is 41.5 Å².